The second-order valence-electron chi connectivity index (χ2n) is 4.33. The summed E-state index contributed by atoms with van der Waals surface area (Å²) >= 11 is 3.21. The van der Waals surface area contributed by atoms with Crippen LogP contribution in [0.4, 0.5) is 4.39 Å². The molecule has 0 aliphatic heterocycles. The van der Waals surface area contributed by atoms with E-state index in [4.69, 9.17) is 0 Å². The minimum atomic E-state index is -0.222. The summed E-state index contributed by atoms with van der Waals surface area (Å²) < 4.78 is 13.6. The van der Waals surface area contributed by atoms with Gasteiger partial charge >= 0.3 is 0 Å². The Hall–Kier alpha value is -0.670. The summed E-state index contributed by atoms with van der Waals surface area (Å²) in [6, 6.07) is 5.10. The Labute approximate surface area is 111 Å². The van der Waals surface area contributed by atoms with Crippen molar-refractivity contribution in [1.82, 2.24) is 5.32 Å². The fourth-order valence-corrected chi connectivity index (χ4v) is 1.90. The fourth-order valence-electron chi connectivity index (χ4n) is 1.51. The van der Waals surface area contributed by atoms with Gasteiger partial charge in [-0.1, -0.05) is 38.5 Å². The molecule has 1 N–H and O–H groups in total. The second kappa shape index (κ2) is 6.92. The Bertz CT molecular complexity index is 399. The normalized spacial score (nSPS) is 12.2. The van der Waals surface area contributed by atoms with Gasteiger partial charge in [0.1, 0.15) is 5.82 Å². The average Bonchev–Trinajstić information content (AvgIpc) is 2.28. The predicted molar refractivity (Wildman–Crippen MR) is 75.5 cm³/mol. The maximum Gasteiger partial charge on any atom is 0.137 e. The van der Waals surface area contributed by atoms with Gasteiger partial charge in [0.15, 0.2) is 0 Å². The smallest absolute Gasteiger partial charge is 0.137 e. The molecular weight excluding hydrogens is 281 g/mol. The highest BCUT2D eigenvalue weighted by Crippen LogP contribution is 2.20. The fraction of sp³-hybridized carbons (Fsp3) is 0.429. The van der Waals surface area contributed by atoms with Crippen molar-refractivity contribution in [2.75, 3.05) is 13.1 Å². The number of rotatable bonds is 5. The molecular formula is C14H19BrFN. The maximum atomic E-state index is 13.1. The standard InChI is InChI=1S/C14H19BrFN/c1-4-17-9-12(10(2)3)7-11-5-6-14(16)13(15)8-11/h5-8,10,17H,4,9H2,1-3H3. The molecule has 1 nitrogen and oxygen atoms in total. The summed E-state index contributed by atoms with van der Waals surface area (Å²) in [5.74, 6) is 0.262. The van der Waals surface area contributed by atoms with Crippen molar-refractivity contribution in [2.24, 2.45) is 5.92 Å². The van der Waals surface area contributed by atoms with Crippen LogP contribution in [-0.4, -0.2) is 13.1 Å². The zero-order valence-corrected chi connectivity index (χ0v) is 12.1. The summed E-state index contributed by atoms with van der Waals surface area (Å²) in [4.78, 5) is 0. The molecule has 0 radical (unpaired) electrons. The molecule has 0 aliphatic carbocycles. The van der Waals surface area contributed by atoms with Crippen molar-refractivity contribution in [3.05, 3.63) is 39.6 Å². The average molecular weight is 300 g/mol. The van der Waals surface area contributed by atoms with Crippen molar-refractivity contribution in [1.29, 1.82) is 0 Å². The Morgan fingerprint density at radius 2 is 2.18 bits per heavy atom. The SMILES string of the molecule is CCNCC(=Cc1ccc(F)c(Br)c1)C(C)C. The van der Waals surface area contributed by atoms with Gasteiger partial charge in [0.25, 0.3) is 0 Å². The lowest BCUT2D eigenvalue weighted by Crippen LogP contribution is -2.18. The lowest BCUT2D eigenvalue weighted by atomic mass is 10.0. The molecule has 0 heterocycles. The van der Waals surface area contributed by atoms with Gasteiger partial charge < -0.3 is 5.32 Å². The van der Waals surface area contributed by atoms with E-state index in [1.165, 1.54) is 11.6 Å². The van der Waals surface area contributed by atoms with Crippen LogP contribution in [0, 0.1) is 11.7 Å². The van der Waals surface area contributed by atoms with Gasteiger partial charge in [0, 0.05) is 6.54 Å². The largest absolute Gasteiger partial charge is 0.313 e. The van der Waals surface area contributed by atoms with Crippen LogP contribution in [0.5, 0.6) is 0 Å². The van der Waals surface area contributed by atoms with Crippen LogP contribution in [0.25, 0.3) is 6.08 Å². The van der Waals surface area contributed by atoms with Gasteiger partial charge in [-0.3, -0.25) is 0 Å². The van der Waals surface area contributed by atoms with Gasteiger partial charge in [-0.25, -0.2) is 4.39 Å². The molecule has 0 spiro atoms. The van der Waals surface area contributed by atoms with Gasteiger partial charge in [-0.2, -0.15) is 0 Å². The zero-order valence-electron chi connectivity index (χ0n) is 10.6. The third-order valence-corrected chi connectivity index (χ3v) is 3.22. The van der Waals surface area contributed by atoms with E-state index in [1.54, 1.807) is 6.07 Å². The Morgan fingerprint density at radius 1 is 1.47 bits per heavy atom. The number of nitrogens with one attached hydrogen (secondary N) is 1. The molecule has 0 unspecified atom stereocenters. The monoisotopic (exact) mass is 299 g/mol. The third kappa shape index (κ3) is 4.60. The number of hydrogen-bond acceptors (Lipinski definition) is 1. The van der Waals surface area contributed by atoms with Gasteiger partial charge in [0.05, 0.1) is 4.47 Å². The highest BCUT2D eigenvalue weighted by Gasteiger charge is 2.04. The Kier molecular flexibility index (Phi) is 5.86. The lowest BCUT2D eigenvalue weighted by Gasteiger charge is -2.12. The highest BCUT2D eigenvalue weighted by atomic mass is 79.9. The van der Waals surface area contributed by atoms with E-state index >= 15 is 0 Å². The maximum absolute atomic E-state index is 13.1. The summed E-state index contributed by atoms with van der Waals surface area (Å²) in [6.45, 7) is 8.26. The first kappa shape index (κ1) is 14.4. The summed E-state index contributed by atoms with van der Waals surface area (Å²) in [5, 5.41) is 3.32. The van der Waals surface area contributed by atoms with Gasteiger partial charge in [0.2, 0.25) is 0 Å². The molecule has 0 aromatic heterocycles. The molecule has 0 atom stereocenters. The molecule has 1 aromatic rings. The van der Waals surface area contributed by atoms with Crippen molar-refractivity contribution in [3.8, 4) is 0 Å². The van der Waals surface area contributed by atoms with Crippen LogP contribution in [-0.2, 0) is 0 Å². The molecule has 1 rings (SSSR count). The first-order chi connectivity index (χ1) is 8.04. The molecule has 0 bridgehead atoms. The predicted octanol–water partition coefficient (Wildman–Crippen LogP) is 4.24. The zero-order chi connectivity index (χ0) is 12.8. The van der Waals surface area contributed by atoms with Crippen molar-refractivity contribution >= 4 is 22.0 Å². The van der Waals surface area contributed by atoms with Crippen LogP contribution in [0.3, 0.4) is 0 Å². The summed E-state index contributed by atoms with van der Waals surface area (Å²) in [7, 11) is 0. The Morgan fingerprint density at radius 3 is 2.71 bits per heavy atom. The number of hydrogen-bond donors (Lipinski definition) is 1. The van der Waals surface area contributed by atoms with E-state index in [0.29, 0.717) is 10.4 Å². The minimum Gasteiger partial charge on any atom is -0.313 e. The minimum absolute atomic E-state index is 0.222. The quantitative estimate of drug-likeness (QED) is 0.857. The van der Waals surface area contributed by atoms with Crippen LogP contribution in [0.1, 0.15) is 26.3 Å². The molecule has 0 saturated heterocycles. The molecule has 17 heavy (non-hydrogen) atoms. The van der Waals surface area contributed by atoms with E-state index in [0.717, 1.165) is 18.7 Å². The second-order valence-corrected chi connectivity index (χ2v) is 5.18. The highest BCUT2D eigenvalue weighted by molar-refractivity contribution is 9.10. The first-order valence-electron chi connectivity index (χ1n) is 5.90. The van der Waals surface area contributed by atoms with Gasteiger partial charge in [-0.05, 0) is 46.1 Å². The van der Waals surface area contributed by atoms with E-state index in [1.807, 2.05) is 6.07 Å². The van der Waals surface area contributed by atoms with Gasteiger partial charge in [-0.15, -0.1) is 0 Å². The van der Waals surface area contributed by atoms with Crippen LogP contribution < -0.4 is 5.32 Å². The molecule has 3 heteroatoms. The lowest BCUT2D eigenvalue weighted by molar-refractivity contribution is 0.621. The topological polar surface area (TPSA) is 12.0 Å². The Balaban J connectivity index is 2.91. The van der Waals surface area contributed by atoms with E-state index in [9.17, 15) is 4.39 Å². The number of halogens is 2. The molecule has 1 aromatic carbocycles. The molecule has 0 aliphatic rings. The van der Waals surface area contributed by atoms with E-state index in [-0.39, 0.29) is 5.82 Å². The number of likely N-dealkylation sites (N-methyl/N-ethyl adjacent to an activating group) is 1. The molecule has 0 fully saturated rings. The van der Waals surface area contributed by atoms with E-state index in [2.05, 4.69) is 48.1 Å². The van der Waals surface area contributed by atoms with Crippen molar-refractivity contribution < 1.29 is 4.39 Å². The van der Waals surface area contributed by atoms with Crippen LogP contribution >= 0.6 is 15.9 Å². The first-order valence-corrected chi connectivity index (χ1v) is 6.70. The van der Waals surface area contributed by atoms with Crippen LogP contribution in [0.2, 0.25) is 0 Å². The number of benzene rings is 1. The third-order valence-electron chi connectivity index (χ3n) is 2.62. The molecule has 94 valence electrons. The van der Waals surface area contributed by atoms with E-state index < -0.39 is 0 Å². The molecule has 0 amide bonds. The van der Waals surface area contributed by atoms with Crippen LogP contribution in [0.15, 0.2) is 28.2 Å². The van der Waals surface area contributed by atoms with Crippen molar-refractivity contribution in [2.45, 2.75) is 20.8 Å². The van der Waals surface area contributed by atoms with Crippen molar-refractivity contribution in [3.63, 3.8) is 0 Å². The molecule has 0 saturated carbocycles. The summed E-state index contributed by atoms with van der Waals surface area (Å²) in [5.41, 5.74) is 2.35. The summed E-state index contributed by atoms with van der Waals surface area (Å²) in [6.07, 6.45) is 2.12.